The Morgan fingerprint density at radius 1 is 1.22 bits per heavy atom. The Kier molecular flexibility index (Phi) is 4.11. The monoisotopic (exact) mass is 303 g/mol. The fraction of sp³-hybridized carbons (Fsp3) is 0.158. The molecule has 0 aliphatic carbocycles. The van der Waals surface area contributed by atoms with E-state index in [0.717, 1.165) is 22.3 Å². The van der Waals surface area contributed by atoms with Gasteiger partial charge in [0.25, 0.3) is 0 Å². The lowest BCUT2D eigenvalue weighted by Gasteiger charge is -2.09. The van der Waals surface area contributed by atoms with Crippen molar-refractivity contribution < 1.29 is 4.74 Å². The first-order chi connectivity index (χ1) is 11.2. The molecule has 0 atom stereocenters. The van der Waals surface area contributed by atoms with Crippen LogP contribution >= 0.6 is 0 Å². The van der Waals surface area contributed by atoms with Crippen LogP contribution in [-0.4, -0.2) is 16.1 Å². The maximum Gasteiger partial charge on any atom is 0.149 e. The summed E-state index contributed by atoms with van der Waals surface area (Å²) in [5.74, 6) is 1.36. The maximum absolute atomic E-state index is 9.47. The van der Waals surface area contributed by atoms with Crippen molar-refractivity contribution in [3.05, 3.63) is 59.9 Å². The van der Waals surface area contributed by atoms with E-state index in [1.165, 1.54) is 0 Å². The van der Waals surface area contributed by atoms with Crippen LogP contribution in [0.2, 0.25) is 0 Å². The van der Waals surface area contributed by atoms with Crippen molar-refractivity contribution in [2.45, 2.75) is 20.0 Å². The predicted octanol–water partition coefficient (Wildman–Crippen LogP) is 4.41. The molecule has 0 fully saturated rings. The number of nitrogens with one attached hydrogen (secondary N) is 1. The van der Waals surface area contributed by atoms with Gasteiger partial charge < -0.3 is 9.72 Å². The van der Waals surface area contributed by atoms with Gasteiger partial charge in [0.2, 0.25) is 0 Å². The standard InChI is InChI=1S/C19H17N3O/c1-13(2)23-16-7-5-6-14(11-16)10-15(12-20)19-21-17-8-3-4-9-18(17)22-19/h3-11,13H,1-2H3,(H,21,22)/b15-10-. The highest BCUT2D eigenvalue weighted by Crippen LogP contribution is 2.21. The van der Waals surface area contributed by atoms with Gasteiger partial charge in [0.05, 0.1) is 22.7 Å². The van der Waals surface area contributed by atoms with E-state index in [2.05, 4.69) is 16.0 Å². The number of aromatic nitrogens is 2. The quantitative estimate of drug-likeness (QED) is 0.726. The number of H-pyrrole nitrogens is 1. The Morgan fingerprint density at radius 2 is 2.04 bits per heavy atom. The van der Waals surface area contributed by atoms with Crippen LogP contribution in [0.15, 0.2) is 48.5 Å². The van der Waals surface area contributed by atoms with E-state index >= 15 is 0 Å². The van der Waals surface area contributed by atoms with E-state index in [1.54, 1.807) is 0 Å². The summed E-state index contributed by atoms with van der Waals surface area (Å²) in [6.07, 6.45) is 1.92. The van der Waals surface area contributed by atoms with Gasteiger partial charge >= 0.3 is 0 Å². The number of ether oxygens (including phenoxy) is 1. The lowest BCUT2D eigenvalue weighted by molar-refractivity contribution is 0.242. The van der Waals surface area contributed by atoms with Crippen LogP contribution < -0.4 is 4.74 Å². The molecule has 0 amide bonds. The SMILES string of the molecule is CC(C)Oc1cccc(/C=C(/C#N)c2nc3ccccc3[nH]2)c1. The number of hydrogen-bond donors (Lipinski definition) is 1. The van der Waals surface area contributed by atoms with Crippen LogP contribution in [0.1, 0.15) is 25.2 Å². The van der Waals surface area contributed by atoms with Crippen molar-refractivity contribution in [3.63, 3.8) is 0 Å². The average molecular weight is 303 g/mol. The number of nitriles is 1. The van der Waals surface area contributed by atoms with E-state index in [1.807, 2.05) is 68.5 Å². The molecule has 114 valence electrons. The van der Waals surface area contributed by atoms with Crippen molar-refractivity contribution >= 4 is 22.7 Å². The summed E-state index contributed by atoms with van der Waals surface area (Å²) in [4.78, 5) is 7.65. The fourth-order valence-electron chi connectivity index (χ4n) is 2.35. The summed E-state index contributed by atoms with van der Waals surface area (Å²) < 4.78 is 5.69. The molecule has 1 aromatic heterocycles. The summed E-state index contributed by atoms with van der Waals surface area (Å²) in [6, 6.07) is 17.6. The summed E-state index contributed by atoms with van der Waals surface area (Å²) in [7, 11) is 0. The van der Waals surface area contributed by atoms with E-state index in [4.69, 9.17) is 4.74 Å². The van der Waals surface area contributed by atoms with Crippen molar-refractivity contribution in [1.29, 1.82) is 5.26 Å². The maximum atomic E-state index is 9.47. The van der Waals surface area contributed by atoms with Gasteiger partial charge in [0.1, 0.15) is 17.6 Å². The Bertz CT molecular complexity index is 867. The largest absolute Gasteiger partial charge is 0.491 e. The highest BCUT2D eigenvalue weighted by molar-refractivity contribution is 5.90. The summed E-state index contributed by atoms with van der Waals surface area (Å²) in [5, 5.41) is 9.47. The predicted molar refractivity (Wildman–Crippen MR) is 91.8 cm³/mol. The number of rotatable bonds is 4. The molecule has 0 saturated carbocycles. The van der Waals surface area contributed by atoms with Gasteiger partial charge in [0, 0.05) is 0 Å². The van der Waals surface area contributed by atoms with Crippen molar-refractivity contribution in [2.24, 2.45) is 0 Å². The lowest BCUT2D eigenvalue weighted by Crippen LogP contribution is -2.05. The van der Waals surface area contributed by atoms with Crippen LogP contribution in [0, 0.1) is 11.3 Å². The van der Waals surface area contributed by atoms with Crippen LogP contribution in [0.3, 0.4) is 0 Å². The molecule has 0 saturated heterocycles. The van der Waals surface area contributed by atoms with Gasteiger partial charge in [-0.1, -0.05) is 24.3 Å². The zero-order valence-corrected chi connectivity index (χ0v) is 13.1. The van der Waals surface area contributed by atoms with Crippen molar-refractivity contribution in [3.8, 4) is 11.8 Å². The lowest BCUT2D eigenvalue weighted by atomic mass is 10.1. The fourth-order valence-corrected chi connectivity index (χ4v) is 2.35. The highest BCUT2D eigenvalue weighted by Gasteiger charge is 2.08. The minimum Gasteiger partial charge on any atom is -0.491 e. The molecule has 2 aromatic carbocycles. The summed E-state index contributed by atoms with van der Waals surface area (Å²) >= 11 is 0. The second-order valence-electron chi connectivity index (χ2n) is 5.51. The second-order valence-corrected chi connectivity index (χ2v) is 5.51. The molecule has 3 rings (SSSR count). The minimum absolute atomic E-state index is 0.111. The van der Waals surface area contributed by atoms with Gasteiger partial charge in [-0.3, -0.25) is 0 Å². The molecule has 0 bridgehead atoms. The molecule has 0 aliphatic rings. The molecule has 4 heteroatoms. The Labute approximate surface area is 135 Å². The molecule has 1 heterocycles. The molecule has 1 N–H and O–H groups in total. The van der Waals surface area contributed by atoms with Crippen molar-refractivity contribution in [1.82, 2.24) is 9.97 Å². The number of nitrogens with zero attached hydrogens (tertiary/aromatic N) is 2. The van der Waals surface area contributed by atoms with Gasteiger partial charge in [-0.05, 0) is 49.8 Å². The van der Waals surface area contributed by atoms with Gasteiger partial charge in [-0.2, -0.15) is 5.26 Å². The summed E-state index contributed by atoms with van der Waals surface area (Å²) in [5.41, 5.74) is 3.16. The number of aromatic amines is 1. The normalized spacial score (nSPS) is 11.7. The number of imidazole rings is 1. The van der Waals surface area contributed by atoms with Crippen LogP contribution in [0.5, 0.6) is 5.75 Å². The third-order valence-electron chi connectivity index (χ3n) is 3.31. The topological polar surface area (TPSA) is 61.7 Å². The molecule has 4 nitrogen and oxygen atoms in total. The number of hydrogen-bond acceptors (Lipinski definition) is 3. The average Bonchev–Trinajstić information content (AvgIpc) is 2.96. The summed E-state index contributed by atoms with van der Waals surface area (Å²) in [6.45, 7) is 3.97. The highest BCUT2D eigenvalue weighted by atomic mass is 16.5. The Morgan fingerprint density at radius 3 is 2.78 bits per heavy atom. The number of para-hydroxylation sites is 2. The van der Waals surface area contributed by atoms with E-state index < -0.39 is 0 Å². The van der Waals surface area contributed by atoms with E-state index in [9.17, 15) is 5.26 Å². The first-order valence-electron chi connectivity index (χ1n) is 7.49. The van der Waals surface area contributed by atoms with Crippen LogP contribution in [-0.2, 0) is 0 Å². The molecule has 0 spiro atoms. The molecule has 0 unspecified atom stereocenters. The van der Waals surface area contributed by atoms with E-state index in [0.29, 0.717) is 11.4 Å². The van der Waals surface area contributed by atoms with Gasteiger partial charge in [-0.15, -0.1) is 0 Å². The van der Waals surface area contributed by atoms with Crippen molar-refractivity contribution in [2.75, 3.05) is 0 Å². The smallest absolute Gasteiger partial charge is 0.149 e. The number of allylic oxidation sites excluding steroid dienone is 1. The minimum atomic E-state index is 0.111. The second kappa shape index (κ2) is 6.37. The Balaban J connectivity index is 1.97. The molecular weight excluding hydrogens is 286 g/mol. The van der Waals surface area contributed by atoms with Gasteiger partial charge in [-0.25, -0.2) is 4.98 Å². The molecule has 3 aromatic rings. The number of benzene rings is 2. The van der Waals surface area contributed by atoms with Gasteiger partial charge in [0.15, 0.2) is 0 Å². The third-order valence-corrected chi connectivity index (χ3v) is 3.31. The Hall–Kier alpha value is -3.06. The molecule has 0 aliphatic heterocycles. The number of fused-ring (bicyclic) bond motifs is 1. The first-order valence-corrected chi connectivity index (χ1v) is 7.49. The first kappa shape index (κ1) is 14.9. The zero-order valence-electron chi connectivity index (χ0n) is 13.1. The zero-order chi connectivity index (χ0) is 16.2. The van der Waals surface area contributed by atoms with E-state index in [-0.39, 0.29) is 6.10 Å². The molecule has 0 radical (unpaired) electrons. The third kappa shape index (κ3) is 3.41. The van der Waals surface area contributed by atoms with Crippen LogP contribution in [0.25, 0.3) is 22.7 Å². The van der Waals surface area contributed by atoms with Crippen LogP contribution in [0.4, 0.5) is 0 Å². The molecule has 23 heavy (non-hydrogen) atoms. The molecular formula is C19H17N3O.